The van der Waals surface area contributed by atoms with Crippen LogP contribution in [0.1, 0.15) is 11.1 Å². The summed E-state index contributed by atoms with van der Waals surface area (Å²) in [5.41, 5.74) is 5.88. The average Bonchev–Trinajstić information content (AvgIpc) is 2.98. The Morgan fingerprint density at radius 3 is 2.62 bits per heavy atom. The fourth-order valence-corrected chi connectivity index (χ4v) is 4.45. The SMILES string of the molecule is Cc1ccc2c(c1)N=C(N1CCN(C)CC1)c1cc(Br)cc3ccn-2c13. The van der Waals surface area contributed by atoms with Crippen LogP contribution in [0, 0.1) is 6.92 Å². The smallest absolute Gasteiger partial charge is 0.138 e. The minimum Gasteiger partial charge on any atom is -0.353 e. The molecule has 0 atom stereocenters. The van der Waals surface area contributed by atoms with Gasteiger partial charge in [-0.25, -0.2) is 4.99 Å². The molecule has 0 amide bonds. The highest BCUT2D eigenvalue weighted by Gasteiger charge is 2.25. The second-order valence-electron chi connectivity index (χ2n) is 7.29. The van der Waals surface area contributed by atoms with Crippen molar-refractivity contribution in [1.29, 1.82) is 0 Å². The van der Waals surface area contributed by atoms with Gasteiger partial charge >= 0.3 is 0 Å². The maximum Gasteiger partial charge on any atom is 0.138 e. The van der Waals surface area contributed by atoms with Gasteiger partial charge in [-0.1, -0.05) is 22.0 Å². The zero-order valence-corrected chi connectivity index (χ0v) is 16.6. The normalized spacial score (nSPS) is 17.2. The number of nitrogens with zero attached hydrogens (tertiary/aromatic N) is 4. The van der Waals surface area contributed by atoms with Crippen molar-refractivity contribution in [3.63, 3.8) is 0 Å². The summed E-state index contributed by atoms with van der Waals surface area (Å²) in [5, 5.41) is 1.24. The summed E-state index contributed by atoms with van der Waals surface area (Å²) in [6, 6.07) is 13.1. The van der Waals surface area contributed by atoms with Crippen molar-refractivity contribution in [2.45, 2.75) is 6.92 Å². The highest BCUT2D eigenvalue weighted by Crippen LogP contribution is 2.36. The predicted molar refractivity (Wildman–Crippen MR) is 111 cm³/mol. The first-order valence-electron chi connectivity index (χ1n) is 9.04. The first kappa shape index (κ1) is 16.1. The first-order chi connectivity index (χ1) is 12.6. The number of hydrogen-bond donors (Lipinski definition) is 0. The van der Waals surface area contributed by atoms with Gasteiger partial charge in [0.25, 0.3) is 0 Å². The molecule has 0 saturated carbocycles. The fourth-order valence-electron chi connectivity index (χ4n) is 3.98. The van der Waals surface area contributed by atoms with Crippen molar-refractivity contribution >= 4 is 38.4 Å². The van der Waals surface area contributed by atoms with Gasteiger partial charge in [-0.05, 0) is 49.9 Å². The summed E-state index contributed by atoms with van der Waals surface area (Å²) < 4.78 is 3.39. The Kier molecular flexibility index (Phi) is 3.69. The first-order valence-corrected chi connectivity index (χ1v) is 9.84. The fraction of sp³-hybridized carbons (Fsp3) is 0.286. The number of rotatable bonds is 0. The van der Waals surface area contributed by atoms with Crippen LogP contribution in [-0.4, -0.2) is 53.4 Å². The number of aliphatic imine (C=N–C) groups is 1. The molecule has 0 unspecified atom stereocenters. The number of aromatic nitrogens is 1. The van der Waals surface area contributed by atoms with E-state index >= 15 is 0 Å². The summed E-state index contributed by atoms with van der Waals surface area (Å²) in [6.07, 6.45) is 2.16. The van der Waals surface area contributed by atoms with Crippen molar-refractivity contribution in [2.75, 3.05) is 33.2 Å². The van der Waals surface area contributed by atoms with E-state index in [2.05, 4.69) is 86.9 Å². The number of piperazine rings is 1. The van der Waals surface area contributed by atoms with Gasteiger partial charge in [-0.3, -0.25) is 0 Å². The average molecular weight is 409 g/mol. The van der Waals surface area contributed by atoms with Crippen LogP contribution in [0.5, 0.6) is 0 Å². The molecule has 0 aliphatic carbocycles. The zero-order valence-electron chi connectivity index (χ0n) is 15.0. The summed E-state index contributed by atoms with van der Waals surface area (Å²) in [5.74, 6) is 1.09. The van der Waals surface area contributed by atoms with Gasteiger partial charge in [-0.15, -0.1) is 0 Å². The van der Waals surface area contributed by atoms with Crippen molar-refractivity contribution in [3.8, 4) is 5.69 Å². The molecule has 0 bridgehead atoms. The molecule has 5 heteroatoms. The van der Waals surface area contributed by atoms with Crippen LogP contribution in [0.3, 0.4) is 0 Å². The molecule has 1 fully saturated rings. The van der Waals surface area contributed by atoms with Crippen LogP contribution in [0.4, 0.5) is 5.69 Å². The molecule has 26 heavy (non-hydrogen) atoms. The number of aryl methyl sites for hydroxylation is 1. The maximum atomic E-state index is 5.18. The van der Waals surface area contributed by atoms with Crippen LogP contribution in [0.15, 0.2) is 52.1 Å². The van der Waals surface area contributed by atoms with Gasteiger partial charge in [0.05, 0.1) is 16.9 Å². The number of hydrogen-bond acceptors (Lipinski definition) is 3. The molecule has 1 saturated heterocycles. The molecule has 1 aromatic heterocycles. The van der Waals surface area contributed by atoms with Gasteiger partial charge in [0.2, 0.25) is 0 Å². The second kappa shape index (κ2) is 5.96. The molecule has 2 aliphatic heterocycles. The molecule has 4 nitrogen and oxygen atoms in total. The van der Waals surface area contributed by atoms with Gasteiger partial charge in [-0.2, -0.15) is 0 Å². The maximum absolute atomic E-state index is 5.18. The molecule has 5 rings (SSSR count). The quantitative estimate of drug-likeness (QED) is 0.552. The molecule has 3 heterocycles. The molecule has 0 N–H and O–H groups in total. The Hall–Kier alpha value is -2.11. The van der Waals surface area contributed by atoms with E-state index in [1.54, 1.807) is 0 Å². The minimum atomic E-state index is 1.01. The highest BCUT2D eigenvalue weighted by atomic mass is 79.9. The number of benzene rings is 2. The molecule has 0 spiro atoms. The number of halogens is 1. The number of fused-ring (bicyclic) bond motifs is 2. The number of amidine groups is 1. The van der Waals surface area contributed by atoms with E-state index in [0.29, 0.717) is 0 Å². The Morgan fingerprint density at radius 2 is 1.81 bits per heavy atom. The Morgan fingerprint density at radius 1 is 1.00 bits per heavy atom. The van der Waals surface area contributed by atoms with E-state index in [0.717, 1.165) is 47.9 Å². The number of likely N-dealkylation sites (N-methyl/N-ethyl adjacent to an activating group) is 1. The van der Waals surface area contributed by atoms with E-state index < -0.39 is 0 Å². The molecule has 0 radical (unpaired) electrons. The topological polar surface area (TPSA) is 23.8 Å². The molecule has 3 aromatic rings. The molecule has 2 aliphatic rings. The van der Waals surface area contributed by atoms with Gasteiger partial charge < -0.3 is 14.4 Å². The predicted octanol–water partition coefficient (Wildman–Crippen LogP) is 4.34. The van der Waals surface area contributed by atoms with Crippen LogP contribution in [-0.2, 0) is 0 Å². The van der Waals surface area contributed by atoms with Crippen LogP contribution in [0.25, 0.3) is 16.6 Å². The van der Waals surface area contributed by atoms with Gasteiger partial charge in [0, 0.05) is 47.8 Å². The van der Waals surface area contributed by atoms with Crippen LogP contribution >= 0.6 is 15.9 Å². The van der Waals surface area contributed by atoms with E-state index in [9.17, 15) is 0 Å². The third-order valence-corrected chi connectivity index (χ3v) is 5.87. The lowest BCUT2D eigenvalue weighted by molar-refractivity contribution is 0.216. The minimum absolute atomic E-state index is 1.01. The van der Waals surface area contributed by atoms with Crippen molar-refractivity contribution in [3.05, 3.63) is 58.2 Å². The summed E-state index contributed by atoms with van der Waals surface area (Å²) in [7, 11) is 2.19. The largest absolute Gasteiger partial charge is 0.353 e. The lowest BCUT2D eigenvalue weighted by Gasteiger charge is -2.34. The van der Waals surface area contributed by atoms with E-state index in [-0.39, 0.29) is 0 Å². The highest BCUT2D eigenvalue weighted by molar-refractivity contribution is 9.10. The van der Waals surface area contributed by atoms with Crippen molar-refractivity contribution in [1.82, 2.24) is 14.4 Å². The molecular formula is C21H21BrN4. The molecule has 2 aromatic carbocycles. The second-order valence-corrected chi connectivity index (χ2v) is 8.21. The van der Waals surface area contributed by atoms with Crippen LogP contribution < -0.4 is 0 Å². The Balaban J connectivity index is 1.80. The lowest BCUT2D eigenvalue weighted by Crippen LogP contribution is -2.47. The molecular weight excluding hydrogens is 388 g/mol. The van der Waals surface area contributed by atoms with E-state index in [1.807, 2.05) is 0 Å². The third-order valence-electron chi connectivity index (χ3n) is 5.41. The Bertz CT molecular complexity index is 1040. The lowest BCUT2D eigenvalue weighted by atomic mass is 10.1. The van der Waals surface area contributed by atoms with Gasteiger partial charge in [0.15, 0.2) is 0 Å². The summed E-state index contributed by atoms with van der Waals surface area (Å²) in [6.45, 7) is 6.28. The monoisotopic (exact) mass is 408 g/mol. The van der Waals surface area contributed by atoms with Crippen molar-refractivity contribution in [2.24, 2.45) is 4.99 Å². The van der Waals surface area contributed by atoms with Gasteiger partial charge in [0.1, 0.15) is 5.84 Å². The van der Waals surface area contributed by atoms with E-state index in [1.165, 1.54) is 22.0 Å². The molecule has 132 valence electrons. The van der Waals surface area contributed by atoms with Crippen molar-refractivity contribution < 1.29 is 0 Å². The third kappa shape index (κ3) is 2.49. The van der Waals surface area contributed by atoms with E-state index in [4.69, 9.17) is 4.99 Å². The Labute approximate surface area is 161 Å². The zero-order chi connectivity index (χ0) is 17.8. The standard InChI is InChI=1S/C21H21BrN4/c1-14-3-4-19-18(11-14)23-21(25-9-7-24(2)8-10-25)17-13-16(22)12-15-5-6-26(19)20(15)17/h3-6,11-13H,7-10H2,1-2H3. The van der Waals surface area contributed by atoms with Crippen LogP contribution in [0.2, 0.25) is 0 Å². The summed E-state index contributed by atoms with van der Waals surface area (Å²) in [4.78, 5) is 10.0. The summed E-state index contributed by atoms with van der Waals surface area (Å²) >= 11 is 3.70.